The summed E-state index contributed by atoms with van der Waals surface area (Å²) in [5.74, 6) is 1.81. The zero-order valence-corrected chi connectivity index (χ0v) is 24.2. The van der Waals surface area contributed by atoms with Crippen molar-refractivity contribution < 1.29 is 9.53 Å². The Labute approximate surface area is 246 Å². The van der Waals surface area contributed by atoms with Gasteiger partial charge < -0.3 is 24.8 Å². The van der Waals surface area contributed by atoms with Crippen LogP contribution in [0.15, 0.2) is 79.0 Å². The van der Waals surface area contributed by atoms with Gasteiger partial charge in [-0.25, -0.2) is 4.98 Å². The number of amides is 1. The summed E-state index contributed by atoms with van der Waals surface area (Å²) in [4.78, 5) is 24.6. The van der Waals surface area contributed by atoms with Crippen LogP contribution in [0.4, 0.5) is 17.2 Å². The zero-order chi connectivity index (χ0) is 28.3. The number of methoxy groups -OCH3 is 1. The Morgan fingerprint density at radius 2 is 1.71 bits per heavy atom. The van der Waals surface area contributed by atoms with Gasteiger partial charge in [0, 0.05) is 68.2 Å². The molecule has 0 saturated carbocycles. The lowest BCUT2D eigenvalue weighted by atomic mass is 10.0. The van der Waals surface area contributed by atoms with Crippen LogP contribution in [0.3, 0.4) is 0 Å². The number of fused-ring (bicyclic) bond motifs is 1. The second-order valence-corrected chi connectivity index (χ2v) is 11.0. The van der Waals surface area contributed by atoms with E-state index in [-0.39, 0.29) is 5.91 Å². The van der Waals surface area contributed by atoms with E-state index in [1.165, 1.54) is 11.1 Å². The standard InChI is InChI=1S/C33H34ClN5O2/c1-23-7-12-28(34)19-27(23)22-39-14-13-35-32-30(39)20-26(21-36-32)24-8-10-25(11-9-24)33(40)38-17-15-37(16-18-38)29-5-3-4-6-31(29)41-2/h3-12,19-21H,13-18,22H2,1-2H3,(H,35,36). The van der Waals surface area contributed by atoms with Crippen LogP contribution in [-0.4, -0.2) is 62.2 Å². The molecule has 0 bridgehead atoms. The predicted octanol–water partition coefficient (Wildman–Crippen LogP) is 6.11. The number of nitrogens with one attached hydrogen (secondary N) is 1. The third-order valence-electron chi connectivity index (χ3n) is 8.01. The highest BCUT2D eigenvalue weighted by atomic mass is 35.5. The first-order valence-electron chi connectivity index (χ1n) is 14.0. The molecular formula is C33H34ClN5O2. The quantitative estimate of drug-likeness (QED) is 0.303. The van der Waals surface area contributed by atoms with Crippen molar-refractivity contribution in [2.24, 2.45) is 0 Å². The Bertz CT molecular complexity index is 1550. The summed E-state index contributed by atoms with van der Waals surface area (Å²) in [6, 6.07) is 24.1. The zero-order valence-electron chi connectivity index (χ0n) is 23.4. The number of rotatable bonds is 6. The number of piperazine rings is 1. The largest absolute Gasteiger partial charge is 0.495 e. The number of anilines is 3. The summed E-state index contributed by atoms with van der Waals surface area (Å²) in [6.07, 6.45) is 1.90. The first-order valence-corrected chi connectivity index (χ1v) is 14.4. The average molecular weight is 568 g/mol. The lowest BCUT2D eigenvalue weighted by Gasteiger charge is -2.36. The number of hydrogen-bond donors (Lipinski definition) is 1. The topological polar surface area (TPSA) is 60.9 Å². The van der Waals surface area contributed by atoms with Crippen molar-refractivity contribution >= 4 is 34.7 Å². The molecule has 1 fully saturated rings. The number of carbonyl (C=O) groups is 1. The third kappa shape index (κ3) is 5.68. The Morgan fingerprint density at radius 1 is 0.927 bits per heavy atom. The fourth-order valence-electron chi connectivity index (χ4n) is 5.63. The van der Waals surface area contributed by atoms with E-state index >= 15 is 0 Å². The molecule has 41 heavy (non-hydrogen) atoms. The van der Waals surface area contributed by atoms with Crippen molar-refractivity contribution in [3.63, 3.8) is 0 Å². The molecule has 2 aliphatic rings. The van der Waals surface area contributed by atoms with E-state index in [1.807, 2.05) is 65.7 Å². The van der Waals surface area contributed by atoms with E-state index in [0.717, 1.165) is 71.8 Å². The molecular weight excluding hydrogens is 534 g/mol. The molecule has 3 heterocycles. The Hall–Kier alpha value is -4.23. The first-order chi connectivity index (χ1) is 20.0. The van der Waals surface area contributed by atoms with Crippen molar-refractivity contribution in [1.29, 1.82) is 0 Å². The Balaban J connectivity index is 1.15. The highest BCUT2D eigenvalue weighted by Gasteiger charge is 2.24. The number of para-hydroxylation sites is 2. The number of nitrogens with zero attached hydrogens (tertiary/aromatic N) is 4. The first kappa shape index (κ1) is 27.0. The monoisotopic (exact) mass is 567 g/mol. The van der Waals surface area contributed by atoms with Gasteiger partial charge in [0.25, 0.3) is 5.91 Å². The number of aromatic nitrogens is 1. The van der Waals surface area contributed by atoms with Crippen molar-refractivity contribution in [3.8, 4) is 16.9 Å². The summed E-state index contributed by atoms with van der Waals surface area (Å²) in [7, 11) is 1.69. The molecule has 210 valence electrons. The van der Waals surface area contributed by atoms with E-state index < -0.39 is 0 Å². The van der Waals surface area contributed by atoms with Gasteiger partial charge in [-0.05, 0) is 66.1 Å². The van der Waals surface area contributed by atoms with Gasteiger partial charge in [0.05, 0.1) is 18.5 Å². The number of benzene rings is 3. The van der Waals surface area contributed by atoms with Gasteiger partial charge in [0.15, 0.2) is 0 Å². The van der Waals surface area contributed by atoms with Gasteiger partial charge >= 0.3 is 0 Å². The van der Waals surface area contributed by atoms with E-state index in [2.05, 4.69) is 40.2 Å². The lowest BCUT2D eigenvalue weighted by molar-refractivity contribution is 0.0746. The van der Waals surface area contributed by atoms with Gasteiger partial charge in [-0.3, -0.25) is 4.79 Å². The Morgan fingerprint density at radius 3 is 2.49 bits per heavy atom. The minimum Gasteiger partial charge on any atom is -0.495 e. The maximum atomic E-state index is 13.3. The Kier molecular flexibility index (Phi) is 7.70. The molecule has 8 heteroatoms. The summed E-state index contributed by atoms with van der Waals surface area (Å²) in [5.41, 5.74) is 7.32. The maximum absolute atomic E-state index is 13.3. The van der Waals surface area contributed by atoms with Gasteiger partial charge in [-0.2, -0.15) is 0 Å². The molecule has 0 radical (unpaired) electrons. The molecule has 2 aliphatic heterocycles. The van der Waals surface area contributed by atoms with Crippen molar-refractivity contribution in [2.75, 3.05) is 61.5 Å². The summed E-state index contributed by atoms with van der Waals surface area (Å²) in [6.45, 7) is 7.47. The fourth-order valence-corrected chi connectivity index (χ4v) is 5.82. The molecule has 3 aromatic carbocycles. The predicted molar refractivity (Wildman–Crippen MR) is 167 cm³/mol. The smallest absolute Gasteiger partial charge is 0.253 e. The van der Waals surface area contributed by atoms with Crippen LogP contribution in [0.5, 0.6) is 5.75 Å². The number of pyridine rings is 1. The summed E-state index contributed by atoms with van der Waals surface area (Å²) in [5, 5.41) is 4.17. The second kappa shape index (κ2) is 11.7. The van der Waals surface area contributed by atoms with Crippen molar-refractivity contribution in [1.82, 2.24) is 9.88 Å². The molecule has 1 aromatic heterocycles. The van der Waals surface area contributed by atoms with Crippen LogP contribution >= 0.6 is 11.6 Å². The van der Waals surface area contributed by atoms with Crippen LogP contribution in [0.25, 0.3) is 11.1 Å². The summed E-state index contributed by atoms with van der Waals surface area (Å²) >= 11 is 6.29. The highest BCUT2D eigenvalue weighted by Crippen LogP contribution is 2.34. The van der Waals surface area contributed by atoms with E-state index in [9.17, 15) is 4.79 Å². The lowest BCUT2D eigenvalue weighted by Crippen LogP contribution is -2.48. The van der Waals surface area contributed by atoms with Crippen molar-refractivity contribution in [2.45, 2.75) is 13.5 Å². The molecule has 1 saturated heterocycles. The number of hydrogen-bond acceptors (Lipinski definition) is 6. The molecule has 0 spiro atoms. The van der Waals surface area contributed by atoms with Crippen LogP contribution in [0.2, 0.25) is 5.02 Å². The molecule has 0 atom stereocenters. The molecule has 0 aliphatic carbocycles. The van der Waals surface area contributed by atoms with Gasteiger partial charge in [0.2, 0.25) is 0 Å². The van der Waals surface area contributed by atoms with E-state index in [1.54, 1.807) is 7.11 Å². The van der Waals surface area contributed by atoms with Crippen molar-refractivity contribution in [3.05, 3.63) is 101 Å². The molecule has 1 N–H and O–H groups in total. The van der Waals surface area contributed by atoms with Gasteiger partial charge in [-0.1, -0.05) is 41.9 Å². The van der Waals surface area contributed by atoms with E-state index in [0.29, 0.717) is 18.7 Å². The van der Waals surface area contributed by atoms with Gasteiger partial charge in [0.1, 0.15) is 11.6 Å². The van der Waals surface area contributed by atoms with E-state index in [4.69, 9.17) is 21.3 Å². The molecule has 4 aromatic rings. The van der Waals surface area contributed by atoms with Gasteiger partial charge in [-0.15, -0.1) is 0 Å². The minimum atomic E-state index is 0.0621. The molecule has 0 unspecified atom stereocenters. The van der Waals surface area contributed by atoms with Crippen LogP contribution in [-0.2, 0) is 6.54 Å². The number of carbonyl (C=O) groups excluding carboxylic acids is 1. The third-order valence-corrected chi connectivity index (χ3v) is 8.25. The highest BCUT2D eigenvalue weighted by molar-refractivity contribution is 6.30. The molecule has 7 nitrogen and oxygen atoms in total. The fraction of sp³-hybridized carbons (Fsp3) is 0.273. The molecule has 1 amide bonds. The normalized spacial score (nSPS) is 14.9. The van der Waals surface area contributed by atoms with Crippen LogP contribution < -0.4 is 19.9 Å². The second-order valence-electron chi connectivity index (χ2n) is 10.5. The number of ether oxygens (including phenoxy) is 1. The molecule has 6 rings (SSSR count). The summed E-state index contributed by atoms with van der Waals surface area (Å²) < 4.78 is 5.52. The number of halogens is 1. The number of aryl methyl sites for hydroxylation is 1. The average Bonchev–Trinajstić information content (AvgIpc) is 3.02. The van der Waals surface area contributed by atoms with Crippen LogP contribution in [0, 0.1) is 6.92 Å². The minimum absolute atomic E-state index is 0.0621. The van der Waals surface area contributed by atoms with Crippen LogP contribution in [0.1, 0.15) is 21.5 Å². The SMILES string of the molecule is COc1ccccc1N1CCN(C(=O)c2ccc(-c3cnc4c(c3)N(Cc3cc(Cl)ccc3C)CCN4)cc2)CC1. The maximum Gasteiger partial charge on any atom is 0.253 e.